The highest BCUT2D eigenvalue weighted by atomic mass is 17.3. The maximum absolute atomic E-state index is 6.54. The van der Waals surface area contributed by atoms with Gasteiger partial charge in [0.25, 0.3) is 0 Å². The minimum atomic E-state index is -0.721. The van der Waals surface area contributed by atoms with Crippen molar-refractivity contribution in [1.29, 1.82) is 0 Å². The number of rotatable bonds is 1. The van der Waals surface area contributed by atoms with Crippen LogP contribution in [0.2, 0.25) is 0 Å². The Kier molecular flexibility index (Phi) is 3.47. The van der Waals surface area contributed by atoms with Crippen molar-refractivity contribution in [2.24, 2.45) is 23.7 Å². The van der Waals surface area contributed by atoms with E-state index in [0.717, 1.165) is 30.8 Å². The molecule has 1 aliphatic carbocycles. The summed E-state index contributed by atoms with van der Waals surface area (Å²) in [4.78, 5) is 12.0. The van der Waals surface area contributed by atoms with Gasteiger partial charge in [-0.2, -0.15) is 0 Å². The van der Waals surface area contributed by atoms with E-state index in [1.807, 2.05) is 26.0 Å². The van der Waals surface area contributed by atoms with Crippen molar-refractivity contribution in [3.05, 3.63) is 23.7 Å². The molecule has 4 saturated heterocycles. The third-order valence-electron chi connectivity index (χ3n) is 7.20. The van der Waals surface area contributed by atoms with E-state index in [-0.39, 0.29) is 12.0 Å². The molecule has 5 heteroatoms. The van der Waals surface area contributed by atoms with E-state index >= 15 is 0 Å². The van der Waals surface area contributed by atoms with Crippen molar-refractivity contribution in [2.75, 3.05) is 0 Å². The Bertz CT molecular complexity index is 671. The minimum absolute atomic E-state index is 0.102. The fraction of sp³-hybridized carbons (Fsp3) is 0.800. The first-order valence-corrected chi connectivity index (χ1v) is 9.69. The van der Waals surface area contributed by atoms with Crippen LogP contribution in [0.5, 0.6) is 0 Å². The Labute approximate surface area is 148 Å². The van der Waals surface area contributed by atoms with Crippen LogP contribution in [-0.2, 0) is 19.2 Å². The Hall–Kier alpha value is -0.880. The molecular formula is C20H28O5. The van der Waals surface area contributed by atoms with Crippen LogP contribution in [0.25, 0.3) is 0 Å². The lowest BCUT2D eigenvalue weighted by Crippen LogP contribution is -2.69. The largest absolute Gasteiger partial charge is 0.464 e. The van der Waals surface area contributed by atoms with E-state index in [0.29, 0.717) is 17.8 Å². The first-order chi connectivity index (χ1) is 11.9. The number of fused-ring (bicyclic) bond motifs is 2. The smallest absolute Gasteiger partial charge is 0.201 e. The molecule has 0 aromatic carbocycles. The fourth-order valence-electron chi connectivity index (χ4n) is 5.84. The molecule has 5 fully saturated rings. The summed E-state index contributed by atoms with van der Waals surface area (Å²) in [5.41, 5.74) is -0.495. The average molecular weight is 348 g/mol. The van der Waals surface area contributed by atoms with Gasteiger partial charge in [-0.05, 0) is 63.0 Å². The minimum Gasteiger partial charge on any atom is -0.464 e. The van der Waals surface area contributed by atoms with Crippen LogP contribution >= 0.6 is 0 Å². The lowest BCUT2D eigenvalue weighted by atomic mass is 9.57. The summed E-state index contributed by atoms with van der Waals surface area (Å²) in [5, 5.41) is 0. The van der Waals surface area contributed by atoms with Crippen LogP contribution in [0.3, 0.4) is 0 Å². The lowest BCUT2D eigenvalue weighted by molar-refractivity contribution is -0.572. The van der Waals surface area contributed by atoms with Crippen molar-refractivity contribution >= 4 is 0 Å². The summed E-state index contributed by atoms with van der Waals surface area (Å²) in [6, 6.07) is 4.04. The van der Waals surface area contributed by atoms with Crippen molar-refractivity contribution in [3.63, 3.8) is 0 Å². The van der Waals surface area contributed by atoms with Crippen LogP contribution in [0, 0.1) is 30.6 Å². The third-order valence-corrected chi connectivity index (χ3v) is 7.20. The van der Waals surface area contributed by atoms with Crippen LogP contribution in [0.15, 0.2) is 16.5 Å². The zero-order valence-corrected chi connectivity index (χ0v) is 15.5. The highest BCUT2D eigenvalue weighted by Crippen LogP contribution is 2.62. The summed E-state index contributed by atoms with van der Waals surface area (Å²) in [6.07, 6.45) is 3.73. The summed E-state index contributed by atoms with van der Waals surface area (Å²) in [7, 11) is 0. The van der Waals surface area contributed by atoms with Gasteiger partial charge in [0.1, 0.15) is 17.6 Å². The molecular weight excluding hydrogens is 320 g/mol. The fourth-order valence-corrected chi connectivity index (χ4v) is 5.84. The molecule has 5 aliphatic rings. The van der Waals surface area contributed by atoms with Crippen LogP contribution in [0.4, 0.5) is 0 Å². The zero-order chi connectivity index (χ0) is 17.4. The number of furan rings is 1. The molecule has 1 aromatic rings. The average Bonchev–Trinajstić information content (AvgIpc) is 2.88. The second kappa shape index (κ2) is 5.32. The molecule has 1 spiro atoms. The van der Waals surface area contributed by atoms with E-state index in [2.05, 4.69) is 13.8 Å². The molecule has 2 bridgehead atoms. The van der Waals surface area contributed by atoms with Gasteiger partial charge in [0, 0.05) is 12.3 Å². The maximum atomic E-state index is 6.54. The first kappa shape index (κ1) is 16.3. The number of hydrogen-bond acceptors (Lipinski definition) is 5. The lowest BCUT2D eigenvalue weighted by Gasteiger charge is -2.60. The van der Waals surface area contributed by atoms with Crippen molar-refractivity contribution in [1.82, 2.24) is 0 Å². The Morgan fingerprint density at radius 2 is 1.88 bits per heavy atom. The predicted octanol–water partition coefficient (Wildman–Crippen LogP) is 4.51. The summed E-state index contributed by atoms with van der Waals surface area (Å²) in [6.45, 7) is 8.53. The van der Waals surface area contributed by atoms with E-state index in [9.17, 15) is 0 Å². The third kappa shape index (κ3) is 2.16. The van der Waals surface area contributed by atoms with E-state index in [1.165, 1.54) is 6.42 Å². The quantitative estimate of drug-likeness (QED) is 0.699. The van der Waals surface area contributed by atoms with E-state index in [4.69, 9.17) is 23.7 Å². The van der Waals surface area contributed by atoms with Gasteiger partial charge in [0.05, 0.1) is 0 Å². The van der Waals surface area contributed by atoms with E-state index < -0.39 is 17.7 Å². The number of ether oxygens (including phenoxy) is 2. The normalized spacial score (nSPS) is 51.8. The molecule has 4 aliphatic heterocycles. The van der Waals surface area contributed by atoms with Crippen LogP contribution < -0.4 is 0 Å². The second-order valence-corrected chi connectivity index (χ2v) is 8.77. The highest BCUT2D eigenvalue weighted by Gasteiger charge is 2.69. The van der Waals surface area contributed by atoms with Crippen molar-refractivity contribution < 1.29 is 23.7 Å². The SMILES string of the molecule is Cc1ccc([C@@H]2O[C@@H]3O[C@]4(C)CC[C@H]5[C@H](C)CC[C@@H]([C@H]2C)[C@@]35OO4)o1. The summed E-state index contributed by atoms with van der Waals surface area (Å²) >= 11 is 0. The van der Waals surface area contributed by atoms with Crippen LogP contribution in [-0.4, -0.2) is 17.7 Å². The van der Waals surface area contributed by atoms with Gasteiger partial charge in [-0.1, -0.05) is 13.8 Å². The van der Waals surface area contributed by atoms with Gasteiger partial charge in [0.15, 0.2) is 11.9 Å². The molecule has 5 heterocycles. The molecule has 0 unspecified atom stereocenters. The molecule has 25 heavy (non-hydrogen) atoms. The molecule has 138 valence electrons. The predicted molar refractivity (Wildman–Crippen MR) is 89.2 cm³/mol. The Morgan fingerprint density at radius 1 is 1.04 bits per heavy atom. The summed E-state index contributed by atoms with van der Waals surface area (Å²) in [5.74, 6) is 2.70. The van der Waals surface area contributed by atoms with Crippen LogP contribution in [0.1, 0.15) is 64.1 Å². The molecule has 5 nitrogen and oxygen atoms in total. The Morgan fingerprint density at radius 3 is 2.64 bits per heavy atom. The second-order valence-electron chi connectivity index (χ2n) is 8.77. The van der Waals surface area contributed by atoms with Gasteiger partial charge < -0.3 is 13.9 Å². The number of hydrogen-bond donors (Lipinski definition) is 0. The molecule has 0 radical (unpaired) electrons. The molecule has 6 rings (SSSR count). The molecule has 0 N–H and O–H groups in total. The molecule has 1 saturated carbocycles. The molecule has 0 amide bonds. The van der Waals surface area contributed by atoms with Gasteiger partial charge in [0.2, 0.25) is 5.79 Å². The van der Waals surface area contributed by atoms with Gasteiger partial charge in [-0.25, -0.2) is 9.78 Å². The monoisotopic (exact) mass is 348 g/mol. The van der Waals surface area contributed by atoms with Gasteiger partial charge >= 0.3 is 0 Å². The van der Waals surface area contributed by atoms with Gasteiger partial charge in [-0.3, -0.25) is 0 Å². The van der Waals surface area contributed by atoms with Crippen molar-refractivity contribution in [2.45, 2.75) is 77.2 Å². The summed E-state index contributed by atoms with van der Waals surface area (Å²) < 4.78 is 18.8. The zero-order valence-electron chi connectivity index (χ0n) is 15.5. The topological polar surface area (TPSA) is 50.1 Å². The maximum Gasteiger partial charge on any atom is 0.201 e. The number of aryl methyl sites for hydroxylation is 1. The molecule has 1 aromatic heterocycles. The highest BCUT2D eigenvalue weighted by molar-refractivity contribution is 5.15. The van der Waals surface area contributed by atoms with E-state index in [1.54, 1.807) is 0 Å². The molecule has 8 atom stereocenters. The van der Waals surface area contributed by atoms with Crippen molar-refractivity contribution in [3.8, 4) is 0 Å². The van der Waals surface area contributed by atoms with Gasteiger partial charge in [-0.15, -0.1) is 0 Å². The first-order valence-electron chi connectivity index (χ1n) is 9.69. The Balaban J connectivity index is 1.59. The standard InChI is InChI=1S/C20H28O5/c1-11-5-7-15-13(3)17(16-8-6-12(2)21-16)22-18-20(15)14(11)9-10-19(4,23-18)24-25-20/h6,8,11,13-15,17-18H,5,7,9-10H2,1-4H3/t11-,13-,14+,15+,17-,18-,19+,20-/m1/s1.